The van der Waals surface area contributed by atoms with Gasteiger partial charge in [0.05, 0.1) is 37.9 Å². The highest BCUT2D eigenvalue weighted by molar-refractivity contribution is 5.17. The Morgan fingerprint density at radius 3 is 2.88 bits per heavy atom. The fourth-order valence-electron chi connectivity index (χ4n) is 3.10. The second kappa shape index (κ2) is 7.74. The van der Waals surface area contributed by atoms with Crippen LogP contribution in [0.1, 0.15) is 17.3 Å². The minimum absolute atomic E-state index is 0.0883. The number of nitrogens with one attached hydrogen (secondary N) is 1. The van der Waals surface area contributed by atoms with Crippen molar-refractivity contribution in [2.24, 2.45) is 7.05 Å². The molecule has 0 radical (unpaired) electrons. The molecule has 130 valence electrons. The van der Waals surface area contributed by atoms with Gasteiger partial charge in [-0.15, -0.1) is 0 Å². The van der Waals surface area contributed by atoms with Gasteiger partial charge in [0.2, 0.25) is 5.88 Å². The van der Waals surface area contributed by atoms with Gasteiger partial charge in [-0.3, -0.25) is 4.90 Å². The Morgan fingerprint density at radius 2 is 2.21 bits per heavy atom. The number of ether oxygens (including phenoxy) is 2. The van der Waals surface area contributed by atoms with Crippen LogP contribution >= 0.6 is 0 Å². The smallest absolute Gasteiger partial charge is 0.212 e. The van der Waals surface area contributed by atoms with Gasteiger partial charge in [0, 0.05) is 45.1 Å². The van der Waals surface area contributed by atoms with Crippen LogP contribution < -0.4 is 10.1 Å². The Balaban J connectivity index is 1.60. The third kappa shape index (κ3) is 3.75. The summed E-state index contributed by atoms with van der Waals surface area (Å²) < 4.78 is 13.2. The zero-order chi connectivity index (χ0) is 16.9. The van der Waals surface area contributed by atoms with Gasteiger partial charge in [0.1, 0.15) is 0 Å². The first kappa shape index (κ1) is 16.9. The van der Waals surface area contributed by atoms with Crippen molar-refractivity contribution < 1.29 is 9.47 Å². The lowest BCUT2D eigenvalue weighted by atomic mass is 10.0. The zero-order valence-corrected chi connectivity index (χ0v) is 14.5. The number of nitrogens with zero attached hydrogens (tertiary/aromatic N) is 4. The van der Waals surface area contributed by atoms with Crippen LogP contribution in [-0.2, 0) is 18.3 Å². The molecule has 0 aromatic carbocycles. The fraction of sp³-hybridized carbons (Fsp3) is 0.529. The third-order valence-electron chi connectivity index (χ3n) is 4.44. The number of methoxy groups -OCH3 is 1. The van der Waals surface area contributed by atoms with Crippen LogP contribution in [0.4, 0.5) is 0 Å². The minimum Gasteiger partial charge on any atom is -0.481 e. The van der Waals surface area contributed by atoms with Gasteiger partial charge in [-0.25, -0.2) is 9.97 Å². The van der Waals surface area contributed by atoms with E-state index in [9.17, 15) is 0 Å². The highest BCUT2D eigenvalue weighted by Gasteiger charge is 2.32. The van der Waals surface area contributed by atoms with Crippen molar-refractivity contribution in [3.05, 3.63) is 42.1 Å². The van der Waals surface area contributed by atoms with Crippen molar-refractivity contribution in [3.8, 4) is 5.88 Å². The van der Waals surface area contributed by atoms with E-state index in [1.54, 1.807) is 7.11 Å². The van der Waals surface area contributed by atoms with Crippen LogP contribution in [0.2, 0.25) is 0 Å². The first-order valence-corrected chi connectivity index (χ1v) is 8.16. The van der Waals surface area contributed by atoms with Gasteiger partial charge in [0.15, 0.2) is 0 Å². The molecule has 0 amide bonds. The van der Waals surface area contributed by atoms with E-state index in [1.807, 2.05) is 37.9 Å². The number of imidazole rings is 1. The predicted molar refractivity (Wildman–Crippen MR) is 90.8 cm³/mol. The Hall–Kier alpha value is -1.96. The predicted octanol–water partition coefficient (Wildman–Crippen LogP) is 0.985. The van der Waals surface area contributed by atoms with Crippen LogP contribution in [0.25, 0.3) is 0 Å². The molecule has 0 aliphatic carbocycles. The Morgan fingerprint density at radius 1 is 1.33 bits per heavy atom. The molecule has 1 fully saturated rings. The van der Waals surface area contributed by atoms with Crippen molar-refractivity contribution in [1.29, 1.82) is 0 Å². The second-order valence-corrected chi connectivity index (χ2v) is 6.10. The molecule has 2 aromatic heterocycles. The number of likely N-dealkylation sites (N-methyl/N-ethyl adjacent to an activating group) is 1. The van der Waals surface area contributed by atoms with E-state index < -0.39 is 0 Å². The van der Waals surface area contributed by atoms with E-state index >= 15 is 0 Å². The van der Waals surface area contributed by atoms with Crippen molar-refractivity contribution in [3.63, 3.8) is 0 Å². The summed E-state index contributed by atoms with van der Waals surface area (Å²) in [6.07, 6.45) is 5.69. The Labute approximate surface area is 142 Å². The number of rotatable bonds is 6. The van der Waals surface area contributed by atoms with Crippen molar-refractivity contribution in [2.45, 2.75) is 18.7 Å². The van der Waals surface area contributed by atoms with Gasteiger partial charge >= 0.3 is 0 Å². The summed E-state index contributed by atoms with van der Waals surface area (Å²) in [5.41, 5.74) is 2.30. The average molecular weight is 331 g/mol. The quantitative estimate of drug-likeness (QED) is 0.851. The van der Waals surface area contributed by atoms with Gasteiger partial charge in [-0.1, -0.05) is 6.07 Å². The molecule has 7 heteroatoms. The lowest BCUT2D eigenvalue weighted by Gasteiger charge is -2.39. The molecular weight excluding hydrogens is 306 g/mol. The molecule has 2 atom stereocenters. The molecule has 7 nitrogen and oxygen atoms in total. The van der Waals surface area contributed by atoms with Crippen LogP contribution in [0.3, 0.4) is 0 Å². The molecule has 3 heterocycles. The zero-order valence-electron chi connectivity index (χ0n) is 14.5. The first-order valence-electron chi connectivity index (χ1n) is 8.16. The highest BCUT2D eigenvalue weighted by Crippen LogP contribution is 2.27. The SMILES string of the molecule is COc1ccc(CNC[C@@H]2OCCN(C)[C@H]2c2cncn2C)cn1. The van der Waals surface area contributed by atoms with Crippen LogP contribution in [-0.4, -0.2) is 59.4 Å². The topological polar surface area (TPSA) is 64.4 Å². The van der Waals surface area contributed by atoms with Gasteiger partial charge < -0.3 is 19.4 Å². The maximum Gasteiger partial charge on any atom is 0.212 e. The molecule has 1 aliphatic heterocycles. The molecular formula is C17H25N5O2. The second-order valence-electron chi connectivity index (χ2n) is 6.10. The molecule has 1 aliphatic rings. The van der Waals surface area contributed by atoms with E-state index in [-0.39, 0.29) is 12.1 Å². The number of morpholine rings is 1. The number of aryl methyl sites for hydroxylation is 1. The summed E-state index contributed by atoms with van der Waals surface area (Å²) in [4.78, 5) is 10.8. The van der Waals surface area contributed by atoms with E-state index in [4.69, 9.17) is 9.47 Å². The number of hydrogen-bond acceptors (Lipinski definition) is 6. The van der Waals surface area contributed by atoms with Crippen molar-refractivity contribution >= 4 is 0 Å². The summed E-state index contributed by atoms with van der Waals surface area (Å²) in [6.45, 7) is 3.20. The van der Waals surface area contributed by atoms with Crippen LogP contribution in [0, 0.1) is 0 Å². The molecule has 1 N–H and O–H groups in total. The summed E-state index contributed by atoms with van der Waals surface area (Å²) in [5, 5.41) is 3.48. The molecule has 2 aromatic rings. The number of aromatic nitrogens is 3. The molecule has 0 bridgehead atoms. The van der Waals surface area contributed by atoms with E-state index in [0.717, 1.165) is 31.8 Å². The Bertz CT molecular complexity index is 643. The lowest BCUT2D eigenvalue weighted by Crippen LogP contribution is -2.47. The molecule has 0 spiro atoms. The van der Waals surface area contributed by atoms with E-state index in [0.29, 0.717) is 5.88 Å². The van der Waals surface area contributed by atoms with Gasteiger partial charge in [0.25, 0.3) is 0 Å². The molecule has 0 saturated carbocycles. The monoisotopic (exact) mass is 331 g/mol. The first-order chi connectivity index (χ1) is 11.7. The molecule has 3 rings (SSSR count). The minimum atomic E-state index is 0.0883. The fourth-order valence-corrected chi connectivity index (χ4v) is 3.10. The van der Waals surface area contributed by atoms with Gasteiger partial charge in [-0.05, 0) is 12.6 Å². The van der Waals surface area contributed by atoms with Crippen molar-refractivity contribution in [1.82, 2.24) is 24.8 Å². The molecule has 0 unspecified atom stereocenters. The summed E-state index contributed by atoms with van der Waals surface area (Å²) in [6, 6.07) is 4.10. The lowest BCUT2D eigenvalue weighted by molar-refractivity contribution is -0.0636. The molecule has 24 heavy (non-hydrogen) atoms. The number of pyridine rings is 1. The summed E-state index contributed by atoms with van der Waals surface area (Å²) in [5.74, 6) is 0.632. The van der Waals surface area contributed by atoms with Crippen LogP contribution in [0.15, 0.2) is 30.9 Å². The number of hydrogen-bond donors (Lipinski definition) is 1. The standard InChI is InChI=1S/C17H25N5O2/c1-21-6-7-24-15(17(21)14-10-19-12-22(14)2)11-18-8-13-4-5-16(23-3)20-9-13/h4-5,9-10,12,15,17-18H,6-8,11H2,1-3H3/t15-,17-/m0/s1. The molecule has 1 saturated heterocycles. The highest BCUT2D eigenvalue weighted by atomic mass is 16.5. The maximum atomic E-state index is 6.03. The third-order valence-corrected chi connectivity index (χ3v) is 4.44. The Kier molecular flexibility index (Phi) is 5.44. The van der Waals surface area contributed by atoms with E-state index in [2.05, 4.69) is 31.8 Å². The summed E-state index contributed by atoms with van der Waals surface area (Å²) >= 11 is 0. The maximum absolute atomic E-state index is 6.03. The van der Waals surface area contributed by atoms with E-state index in [1.165, 1.54) is 5.69 Å². The van der Waals surface area contributed by atoms with Crippen LogP contribution in [0.5, 0.6) is 5.88 Å². The largest absolute Gasteiger partial charge is 0.481 e. The van der Waals surface area contributed by atoms with Gasteiger partial charge in [-0.2, -0.15) is 0 Å². The normalized spacial score (nSPS) is 21.8. The summed E-state index contributed by atoms with van der Waals surface area (Å²) in [7, 11) is 5.79. The average Bonchev–Trinajstić information content (AvgIpc) is 3.01. The van der Waals surface area contributed by atoms with Crippen molar-refractivity contribution in [2.75, 3.05) is 33.9 Å².